The van der Waals surface area contributed by atoms with Crippen molar-refractivity contribution in [2.75, 3.05) is 31.1 Å². The Hall–Kier alpha value is -2.50. The molecule has 1 aliphatic heterocycles. The van der Waals surface area contributed by atoms with Crippen LogP contribution >= 0.6 is 24.0 Å². The number of halogens is 2. The van der Waals surface area contributed by atoms with E-state index in [0.29, 0.717) is 18.1 Å². The molecule has 27 heavy (non-hydrogen) atoms. The second-order valence-electron chi connectivity index (χ2n) is 6.22. The first-order chi connectivity index (χ1) is 12.7. The molecule has 7 heteroatoms. The maximum Gasteiger partial charge on any atom is 0.253 e. The van der Waals surface area contributed by atoms with E-state index in [1.807, 2.05) is 70.3 Å². The van der Waals surface area contributed by atoms with E-state index in [0.717, 1.165) is 30.3 Å². The summed E-state index contributed by atoms with van der Waals surface area (Å²) in [6, 6.07) is 17.1. The van der Waals surface area contributed by atoms with E-state index >= 15 is 0 Å². The van der Waals surface area contributed by atoms with E-state index in [-0.39, 0.29) is 18.3 Å². The fraction of sp³-hybridized carbons (Fsp3) is 0.200. The number of hydrogen-bond donors (Lipinski definition) is 0. The maximum atomic E-state index is 12.6. The van der Waals surface area contributed by atoms with Crippen LogP contribution < -0.4 is 4.90 Å². The zero-order valence-corrected chi connectivity index (χ0v) is 16.2. The van der Waals surface area contributed by atoms with Gasteiger partial charge in [0.1, 0.15) is 0 Å². The number of amides is 1. The minimum atomic E-state index is 0. The fourth-order valence-corrected chi connectivity index (χ4v) is 3.41. The lowest BCUT2D eigenvalue weighted by Crippen LogP contribution is -2.49. The number of piperazine rings is 1. The molecule has 3 aromatic rings. The van der Waals surface area contributed by atoms with Crippen molar-refractivity contribution in [1.82, 2.24) is 14.5 Å². The van der Waals surface area contributed by atoms with Gasteiger partial charge < -0.3 is 9.80 Å². The summed E-state index contributed by atoms with van der Waals surface area (Å²) >= 11 is 6.12. The minimum Gasteiger partial charge on any atom is -0.338 e. The van der Waals surface area contributed by atoms with Gasteiger partial charge in [0, 0.05) is 54.8 Å². The van der Waals surface area contributed by atoms with Gasteiger partial charge in [0.25, 0.3) is 5.91 Å². The van der Waals surface area contributed by atoms with Gasteiger partial charge in [-0.2, -0.15) is 0 Å². The van der Waals surface area contributed by atoms with E-state index in [1.54, 1.807) is 6.20 Å². The van der Waals surface area contributed by atoms with E-state index in [1.165, 1.54) is 0 Å². The second kappa shape index (κ2) is 8.46. The van der Waals surface area contributed by atoms with Crippen LogP contribution in [0.2, 0.25) is 5.02 Å². The quantitative estimate of drug-likeness (QED) is 0.666. The highest BCUT2D eigenvalue weighted by atomic mass is 35.5. The van der Waals surface area contributed by atoms with Crippen LogP contribution in [0.4, 0.5) is 5.95 Å². The van der Waals surface area contributed by atoms with Gasteiger partial charge in [-0.25, -0.2) is 4.98 Å². The highest BCUT2D eigenvalue weighted by molar-refractivity contribution is 6.30. The molecule has 0 spiro atoms. The average Bonchev–Trinajstić information content (AvgIpc) is 3.18. The number of rotatable bonds is 3. The van der Waals surface area contributed by atoms with Crippen LogP contribution in [0.25, 0.3) is 5.69 Å². The Morgan fingerprint density at radius 1 is 0.963 bits per heavy atom. The molecule has 2 heterocycles. The summed E-state index contributed by atoms with van der Waals surface area (Å²) < 4.78 is 2.03. The molecule has 1 aliphatic rings. The summed E-state index contributed by atoms with van der Waals surface area (Å²) in [7, 11) is 0. The molecule has 5 nitrogen and oxygen atoms in total. The Labute approximate surface area is 169 Å². The smallest absolute Gasteiger partial charge is 0.253 e. The van der Waals surface area contributed by atoms with Crippen LogP contribution in [-0.4, -0.2) is 46.5 Å². The van der Waals surface area contributed by atoms with Crippen LogP contribution in [0.3, 0.4) is 0 Å². The van der Waals surface area contributed by atoms with E-state index in [2.05, 4.69) is 9.88 Å². The standard InChI is InChI=1S/C20H19ClN4O.ClH/c21-17-7-4-8-18(15-17)25-10-9-22-20(25)24-13-11-23(12-14-24)19(26)16-5-2-1-3-6-16;/h1-10,15H,11-14H2;1H. The van der Waals surface area contributed by atoms with Crippen LogP contribution in [0.1, 0.15) is 10.4 Å². The highest BCUT2D eigenvalue weighted by Gasteiger charge is 2.24. The van der Waals surface area contributed by atoms with E-state index < -0.39 is 0 Å². The molecule has 4 rings (SSSR count). The van der Waals surface area contributed by atoms with Crippen molar-refractivity contribution in [3.63, 3.8) is 0 Å². The molecule has 2 aromatic carbocycles. The highest BCUT2D eigenvalue weighted by Crippen LogP contribution is 2.22. The van der Waals surface area contributed by atoms with Crippen molar-refractivity contribution in [2.24, 2.45) is 0 Å². The monoisotopic (exact) mass is 402 g/mol. The van der Waals surface area contributed by atoms with Gasteiger partial charge in [0.05, 0.1) is 0 Å². The van der Waals surface area contributed by atoms with Crippen molar-refractivity contribution in [2.45, 2.75) is 0 Å². The third-order valence-electron chi connectivity index (χ3n) is 4.58. The first-order valence-electron chi connectivity index (χ1n) is 8.61. The zero-order valence-electron chi connectivity index (χ0n) is 14.7. The Balaban J connectivity index is 0.00000210. The first kappa shape index (κ1) is 19.3. The number of carbonyl (C=O) groups excluding carboxylic acids is 1. The summed E-state index contributed by atoms with van der Waals surface area (Å²) in [5.41, 5.74) is 1.72. The Bertz CT molecular complexity index is 905. The lowest BCUT2D eigenvalue weighted by molar-refractivity contribution is 0.0746. The van der Waals surface area contributed by atoms with Crippen molar-refractivity contribution < 1.29 is 4.79 Å². The number of aromatic nitrogens is 2. The topological polar surface area (TPSA) is 41.4 Å². The zero-order chi connectivity index (χ0) is 17.9. The van der Waals surface area contributed by atoms with Gasteiger partial charge in [0.2, 0.25) is 5.95 Å². The predicted molar refractivity (Wildman–Crippen MR) is 110 cm³/mol. The van der Waals surface area contributed by atoms with E-state index in [9.17, 15) is 4.79 Å². The molecule has 0 unspecified atom stereocenters. The summed E-state index contributed by atoms with van der Waals surface area (Å²) in [5, 5.41) is 0.695. The number of anilines is 1. The number of benzene rings is 2. The molecule has 1 amide bonds. The van der Waals surface area contributed by atoms with Gasteiger partial charge in [0.15, 0.2) is 0 Å². The molecule has 1 saturated heterocycles. The van der Waals surface area contributed by atoms with Gasteiger partial charge in [-0.1, -0.05) is 35.9 Å². The number of carbonyl (C=O) groups is 1. The van der Waals surface area contributed by atoms with Gasteiger partial charge in [-0.05, 0) is 30.3 Å². The van der Waals surface area contributed by atoms with Crippen molar-refractivity contribution >= 4 is 35.9 Å². The molecule has 1 fully saturated rings. The summed E-state index contributed by atoms with van der Waals surface area (Å²) in [4.78, 5) is 21.2. The minimum absolute atomic E-state index is 0. The molecular formula is C20H20Cl2N4O. The number of imidazole rings is 1. The third kappa shape index (κ3) is 4.10. The van der Waals surface area contributed by atoms with Gasteiger partial charge >= 0.3 is 0 Å². The lowest BCUT2D eigenvalue weighted by atomic mass is 10.2. The lowest BCUT2D eigenvalue weighted by Gasteiger charge is -2.35. The number of hydrogen-bond acceptors (Lipinski definition) is 3. The van der Waals surface area contributed by atoms with Gasteiger partial charge in [-0.15, -0.1) is 12.4 Å². The molecule has 140 valence electrons. The van der Waals surface area contributed by atoms with Gasteiger partial charge in [-0.3, -0.25) is 9.36 Å². The third-order valence-corrected chi connectivity index (χ3v) is 4.81. The largest absolute Gasteiger partial charge is 0.338 e. The average molecular weight is 403 g/mol. The normalized spacial score (nSPS) is 14.0. The maximum absolute atomic E-state index is 12.6. The van der Waals surface area contributed by atoms with Crippen LogP contribution in [0, 0.1) is 0 Å². The summed E-state index contributed by atoms with van der Waals surface area (Å²) in [6.45, 7) is 2.85. The first-order valence-corrected chi connectivity index (χ1v) is 8.99. The van der Waals surface area contributed by atoms with Crippen LogP contribution in [0.5, 0.6) is 0 Å². The molecule has 0 aliphatic carbocycles. The second-order valence-corrected chi connectivity index (χ2v) is 6.66. The summed E-state index contributed by atoms with van der Waals surface area (Å²) in [5.74, 6) is 0.961. The predicted octanol–water partition coefficient (Wildman–Crippen LogP) is 3.91. The Morgan fingerprint density at radius 2 is 1.70 bits per heavy atom. The van der Waals surface area contributed by atoms with Crippen molar-refractivity contribution in [3.8, 4) is 5.69 Å². The molecular weight excluding hydrogens is 383 g/mol. The molecule has 0 N–H and O–H groups in total. The molecule has 0 atom stereocenters. The van der Waals surface area contributed by atoms with Crippen LogP contribution in [-0.2, 0) is 0 Å². The SMILES string of the molecule is Cl.O=C(c1ccccc1)N1CCN(c2nccn2-c2cccc(Cl)c2)CC1. The fourth-order valence-electron chi connectivity index (χ4n) is 3.23. The van der Waals surface area contributed by atoms with Crippen molar-refractivity contribution in [1.29, 1.82) is 0 Å². The Morgan fingerprint density at radius 3 is 2.41 bits per heavy atom. The molecule has 0 saturated carbocycles. The number of nitrogens with zero attached hydrogens (tertiary/aromatic N) is 4. The molecule has 1 aromatic heterocycles. The summed E-state index contributed by atoms with van der Waals surface area (Å²) in [6.07, 6.45) is 3.72. The molecule has 0 bridgehead atoms. The Kier molecular flexibility index (Phi) is 6.04. The van der Waals surface area contributed by atoms with E-state index in [4.69, 9.17) is 11.6 Å². The van der Waals surface area contributed by atoms with Crippen LogP contribution in [0.15, 0.2) is 67.0 Å². The van der Waals surface area contributed by atoms with Crippen molar-refractivity contribution in [3.05, 3.63) is 77.6 Å². The molecule has 0 radical (unpaired) electrons.